The number of nitrogens with zero attached hydrogens (tertiary/aromatic N) is 2. The van der Waals surface area contributed by atoms with E-state index in [1.807, 2.05) is 0 Å². The maximum Gasteiger partial charge on any atom is 0.141 e. The van der Waals surface area contributed by atoms with Crippen LogP contribution < -0.4 is 11.3 Å². The molecule has 1 fully saturated rings. The average Bonchev–Trinajstić information content (AvgIpc) is 2.67. The van der Waals surface area contributed by atoms with Gasteiger partial charge >= 0.3 is 0 Å². The fraction of sp³-hybridized carbons (Fsp3) is 0.667. The second-order valence-electron chi connectivity index (χ2n) is 5.95. The molecule has 1 aliphatic rings. The van der Waals surface area contributed by atoms with Gasteiger partial charge in [-0.1, -0.05) is 25.7 Å². The first-order valence-corrected chi connectivity index (χ1v) is 7.34. The van der Waals surface area contributed by atoms with Gasteiger partial charge in [0, 0.05) is 11.7 Å². The highest BCUT2D eigenvalue weighted by atomic mass is 19.1. The summed E-state index contributed by atoms with van der Waals surface area (Å²) in [6.07, 6.45) is 9.94. The zero-order valence-electron chi connectivity index (χ0n) is 12.4. The number of halogens is 1. The van der Waals surface area contributed by atoms with E-state index in [2.05, 4.69) is 29.4 Å². The van der Waals surface area contributed by atoms with E-state index < -0.39 is 0 Å². The van der Waals surface area contributed by atoms with Crippen LogP contribution in [-0.4, -0.2) is 29.5 Å². The van der Waals surface area contributed by atoms with Crippen LogP contribution in [0.3, 0.4) is 0 Å². The van der Waals surface area contributed by atoms with Crippen molar-refractivity contribution in [3.63, 3.8) is 0 Å². The largest absolute Gasteiger partial charge is 0.302 e. The molecule has 0 aromatic carbocycles. The number of aromatic nitrogens is 1. The van der Waals surface area contributed by atoms with Crippen LogP contribution in [0.2, 0.25) is 0 Å². The summed E-state index contributed by atoms with van der Waals surface area (Å²) in [6, 6.07) is 1.42. The van der Waals surface area contributed by atoms with Crippen molar-refractivity contribution in [3.05, 3.63) is 29.8 Å². The summed E-state index contributed by atoms with van der Waals surface area (Å²) in [6.45, 7) is 0. The normalized spacial score (nSPS) is 20.6. The molecule has 1 atom stereocenters. The van der Waals surface area contributed by atoms with Crippen LogP contribution in [0.1, 0.15) is 50.1 Å². The Morgan fingerprint density at radius 2 is 1.90 bits per heavy atom. The molecule has 20 heavy (non-hydrogen) atoms. The van der Waals surface area contributed by atoms with E-state index in [0.717, 1.165) is 18.4 Å². The molecule has 1 aromatic rings. The Hall–Kier alpha value is -1.04. The summed E-state index contributed by atoms with van der Waals surface area (Å²) in [7, 11) is 4.17. The maximum atomic E-state index is 13.5. The van der Waals surface area contributed by atoms with Crippen molar-refractivity contribution in [2.45, 2.75) is 50.1 Å². The van der Waals surface area contributed by atoms with Gasteiger partial charge in [-0.15, -0.1) is 0 Å². The monoisotopic (exact) mass is 280 g/mol. The van der Waals surface area contributed by atoms with E-state index >= 15 is 0 Å². The van der Waals surface area contributed by atoms with Crippen molar-refractivity contribution >= 4 is 0 Å². The molecule has 4 nitrogen and oxygen atoms in total. The second-order valence-corrected chi connectivity index (χ2v) is 5.95. The van der Waals surface area contributed by atoms with Gasteiger partial charge in [0.15, 0.2) is 0 Å². The number of nitrogens with one attached hydrogen (secondary N) is 1. The van der Waals surface area contributed by atoms with Crippen molar-refractivity contribution in [1.82, 2.24) is 15.3 Å². The third kappa shape index (κ3) is 3.00. The van der Waals surface area contributed by atoms with Crippen LogP contribution in [0, 0.1) is 5.82 Å². The molecule has 3 N–H and O–H groups in total. The van der Waals surface area contributed by atoms with Gasteiger partial charge < -0.3 is 4.90 Å². The molecule has 112 valence electrons. The molecule has 2 rings (SSSR count). The molecule has 0 radical (unpaired) electrons. The van der Waals surface area contributed by atoms with Gasteiger partial charge in [-0.2, -0.15) is 0 Å². The highest BCUT2D eigenvalue weighted by Gasteiger charge is 2.41. The Kier molecular flexibility index (Phi) is 5.07. The van der Waals surface area contributed by atoms with E-state index in [9.17, 15) is 4.39 Å². The molecular formula is C15H25FN4. The third-order valence-corrected chi connectivity index (χ3v) is 4.62. The first-order valence-electron chi connectivity index (χ1n) is 7.34. The smallest absolute Gasteiger partial charge is 0.141 e. The minimum atomic E-state index is -0.315. The average molecular weight is 280 g/mol. The van der Waals surface area contributed by atoms with Crippen LogP contribution in [0.15, 0.2) is 18.5 Å². The Morgan fingerprint density at radius 1 is 1.25 bits per heavy atom. The highest BCUT2D eigenvalue weighted by molar-refractivity contribution is 5.21. The Labute approximate surface area is 120 Å². The summed E-state index contributed by atoms with van der Waals surface area (Å²) in [5, 5.41) is 0. The zero-order chi connectivity index (χ0) is 14.6. The summed E-state index contributed by atoms with van der Waals surface area (Å²) >= 11 is 0. The van der Waals surface area contributed by atoms with Crippen molar-refractivity contribution in [3.8, 4) is 0 Å². The molecule has 0 spiro atoms. The summed E-state index contributed by atoms with van der Waals surface area (Å²) in [4.78, 5) is 6.22. The Bertz CT molecular complexity index is 428. The lowest BCUT2D eigenvalue weighted by Crippen LogP contribution is -2.55. The van der Waals surface area contributed by atoms with Gasteiger partial charge in [-0.3, -0.25) is 16.3 Å². The SMILES string of the molecule is CN(C)C1(C(NN)c2cncc(F)c2)CCCCCC1. The summed E-state index contributed by atoms with van der Waals surface area (Å²) < 4.78 is 13.5. The lowest BCUT2D eigenvalue weighted by atomic mass is 9.78. The fourth-order valence-electron chi connectivity index (χ4n) is 3.48. The number of nitrogens with two attached hydrogens (primary N) is 1. The molecule has 1 aliphatic carbocycles. The number of rotatable bonds is 4. The molecule has 1 heterocycles. The second kappa shape index (κ2) is 6.61. The van der Waals surface area contributed by atoms with Crippen LogP contribution in [0.4, 0.5) is 4.39 Å². The van der Waals surface area contributed by atoms with Crippen LogP contribution in [-0.2, 0) is 0 Å². The van der Waals surface area contributed by atoms with Crippen molar-refractivity contribution < 1.29 is 4.39 Å². The zero-order valence-corrected chi connectivity index (χ0v) is 12.4. The molecule has 0 aliphatic heterocycles. The quantitative estimate of drug-likeness (QED) is 0.505. The van der Waals surface area contributed by atoms with Gasteiger partial charge in [-0.05, 0) is 38.6 Å². The molecule has 0 amide bonds. The lowest BCUT2D eigenvalue weighted by molar-refractivity contribution is 0.0797. The van der Waals surface area contributed by atoms with E-state index in [-0.39, 0.29) is 17.4 Å². The van der Waals surface area contributed by atoms with Crippen LogP contribution in [0.5, 0.6) is 0 Å². The van der Waals surface area contributed by atoms with E-state index in [1.54, 1.807) is 6.20 Å². The number of likely N-dealkylation sites (N-methyl/N-ethyl adjacent to an activating group) is 1. The van der Waals surface area contributed by atoms with Crippen LogP contribution in [0.25, 0.3) is 0 Å². The van der Waals surface area contributed by atoms with Gasteiger partial charge in [0.25, 0.3) is 0 Å². The van der Waals surface area contributed by atoms with E-state index in [1.165, 1.54) is 37.9 Å². The molecule has 0 bridgehead atoms. The summed E-state index contributed by atoms with van der Waals surface area (Å²) in [5.74, 6) is 5.52. The maximum absolute atomic E-state index is 13.5. The number of hydrogen-bond donors (Lipinski definition) is 2. The van der Waals surface area contributed by atoms with Crippen molar-refractivity contribution in [2.75, 3.05) is 14.1 Å². The highest BCUT2D eigenvalue weighted by Crippen LogP contribution is 2.40. The first-order chi connectivity index (χ1) is 9.60. The fourth-order valence-corrected chi connectivity index (χ4v) is 3.48. The predicted octanol–water partition coefficient (Wildman–Crippen LogP) is 2.38. The Morgan fingerprint density at radius 3 is 2.40 bits per heavy atom. The molecule has 1 unspecified atom stereocenters. The van der Waals surface area contributed by atoms with Crippen molar-refractivity contribution in [2.24, 2.45) is 5.84 Å². The number of hydrazine groups is 1. The molecule has 0 saturated heterocycles. The molecule has 1 saturated carbocycles. The van der Waals surface area contributed by atoms with Gasteiger partial charge in [0.2, 0.25) is 0 Å². The van der Waals surface area contributed by atoms with Gasteiger partial charge in [0.1, 0.15) is 5.82 Å². The van der Waals surface area contributed by atoms with E-state index in [4.69, 9.17) is 5.84 Å². The van der Waals surface area contributed by atoms with Crippen LogP contribution >= 0.6 is 0 Å². The molecule has 5 heteroatoms. The number of pyridine rings is 1. The summed E-state index contributed by atoms with van der Waals surface area (Å²) in [5.41, 5.74) is 3.66. The van der Waals surface area contributed by atoms with Gasteiger partial charge in [-0.25, -0.2) is 4.39 Å². The Balaban J connectivity index is 2.38. The predicted molar refractivity (Wildman–Crippen MR) is 78.4 cm³/mol. The standard InChI is InChI=1S/C15H25FN4/c1-20(2)15(7-5-3-4-6-8-15)14(19-17)12-9-13(16)11-18-10-12/h9-11,14,19H,3-8,17H2,1-2H3. The van der Waals surface area contributed by atoms with E-state index in [0.29, 0.717) is 0 Å². The third-order valence-electron chi connectivity index (χ3n) is 4.62. The lowest BCUT2D eigenvalue weighted by Gasteiger charge is -2.45. The molecular weight excluding hydrogens is 255 g/mol. The first kappa shape index (κ1) is 15.4. The minimum absolute atomic E-state index is 0.0826. The van der Waals surface area contributed by atoms with Gasteiger partial charge in [0.05, 0.1) is 12.2 Å². The topological polar surface area (TPSA) is 54.2 Å². The minimum Gasteiger partial charge on any atom is -0.302 e. The van der Waals surface area contributed by atoms with Crippen molar-refractivity contribution in [1.29, 1.82) is 0 Å². The molecule has 1 aromatic heterocycles. The number of hydrogen-bond acceptors (Lipinski definition) is 4.